The van der Waals surface area contributed by atoms with Crippen LogP contribution in [0.4, 0.5) is 4.39 Å². The van der Waals surface area contributed by atoms with Crippen molar-refractivity contribution in [3.8, 4) is 0 Å². The minimum Gasteiger partial charge on any atom is -0.456 e. The summed E-state index contributed by atoms with van der Waals surface area (Å²) in [4.78, 5) is 28.5. The zero-order valence-corrected chi connectivity index (χ0v) is 14.4. The third-order valence-electron chi connectivity index (χ3n) is 3.52. The van der Waals surface area contributed by atoms with E-state index < -0.39 is 11.8 Å². The summed E-state index contributed by atoms with van der Waals surface area (Å²) < 4.78 is 20.0. The van der Waals surface area contributed by atoms with E-state index in [9.17, 15) is 14.0 Å². The number of rotatable bonds is 3. The maximum atomic E-state index is 13.5. The van der Waals surface area contributed by atoms with E-state index in [1.807, 2.05) is 13.0 Å². The Labute approximate surface area is 151 Å². The van der Waals surface area contributed by atoms with E-state index in [2.05, 4.69) is 4.98 Å². The summed E-state index contributed by atoms with van der Waals surface area (Å²) in [7, 11) is 0. The molecule has 0 amide bonds. The van der Waals surface area contributed by atoms with E-state index in [1.54, 1.807) is 12.3 Å². The standard InChI is InChI=1S/C17H11Cl2FN2O3/c1-9-3-2-4-22-15(23)5-10(21-16(9)22)8-25-17(24)11-6-14(20)13(19)7-12(11)18/h2-7H,8H2,1H3. The van der Waals surface area contributed by atoms with Gasteiger partial charge in [-0.25, -0.2) is 14.2 Å². The van der Waals surface area contributed by atoms with Crippen molar-refractivity contribution in [1.29, 1.82) is 0 Å². The lowest BCUT2D eigenvalue weighted by molar-refractivity contribution is 0.0467. The fourth-order valence-corrected chi connectivity index (χ4v) is 2.74. The lowest BCUT2D eigenvalue weighted by Gasteiger charge is -2.08. The molecule has 0 atom stereocenters. The molecule has 128 valence electrons. The van der Waals surface area contributed by atoms with Gasteiger partial charge >= 0.3 is 5.97 Å². The first-order chi connectivity index (χ1) is 11.9. The number of aromatic nitrogens is 2. The number of hydrogen-bond donors (Lipinski definition) is 0. The summed E-state index contributed by atoms with van der Waals surface area (Å²) >= 11 is 11.5. The van der Waals surface area contributed by atoms with Crippen LogP contribution in [-0.4, -0.2) is 15.4 Å². The number of halogens is 3. The third kappa shape index (κ3) is 3.50. The van der Waals surface area contributed by atoms with Crippen LogP contribution in [0.25, 0.3) is 5.65 Å². The van der Waals surface area contributed by atoms with Crippen molar-refractivity contribution in [2.45, 2.75) is 13.5 Å². The fraction of sp³-hybridized carbons (Fsp3) is 0.118. The minimum atomic E-state index is -0.840. The number of fused-ring (bicyclic) bond motifs is 1. The zero-order chi connectivity index (χ0) is 18.1. The Hall–Kier alpha value is -2.44. The van der Waals surface area contributed by atoms with Gasteiger partial charge in [-0.05, 0) is 30.7 Å². The fourth-order valence-electron chi connectivity index (χ4n) is 2.28. The molecule has 0 bridgehead atoms. The molecule has 8 heteroatoms. The van der Waals surface area contributed by atoms with Gasteiger partial charge in [0.25, 0.3) is 5.56 Å². The number of pyridine rings is 1. The highest BCUT2D eigenvalue weighted by atomic mass is 35.5. The highest BCUT2D eigenvalue weighted by molar-refractivity contribution is 6.36. The Bertz CT molecular complexity index is 1050. The van der Waals surface area contributed by atoms with E-state index in [-0.39, 0.29) is 33.5 Å². The maximum absolute atomic E-state index is 13.5. The van der Waals surface area contributed by atoms with Crippen LogP contribution >= 0.6 is 23.2 Å². The van der Waals surface area contributed by atoms with Crippen molar-refractivity contribution in [2.75, 3.05) is 0 Å². The molecular weight excluding hydrogens is 370 g/mol. The van der Waals surface area contributed by atoms with Crippen molar-refractivity contribution in [3.05, 3.63) is 79.6 Å². The van der Waals surface area contributed by atoms with Crippen molar-refractivity contribution < 1.29 is 13.9 Å². The van der Waals surface area contributed by atoms with Gasteiger partial charge in [-0.15, -0.1) is 0 Å². The zero-order valence-electron chi connectivity index (χ0n) is 12.9. The molecule has 1 aromatic carbocycles. The summed E-state index contributed by atoms with van der Waals surface area (Å²) in [5.74, 6) is -1.62. The quantitative estimate of drug-likeness (QED) is 0.512. The first kappa shape index (κ1) is 17.4. The molecule has 0 unspecified atom stereocenters. The molecule has 0 N–H and O–H groups in total. The summed E-state index contributed by atoms with van der Waals surface area (Å²) in [5, 5.41) is -0.222. The van der Waals surface area contributed by atoms with Gasteiger partial charge in [-0.2, -0.15) is 0 Å². The van der Waals surface area contributed by atoms with Crippen LogP contribution in [-0.2, 0) is 11.3 Å². The Kier molecular flexibility index (Phi) is 4.74. The second-order valence-corrected chi connectivity index (χ2v) is 6.11. The Morgan fingerprint density at radius 1 is 1.28 bits per heavy atom. The van der Waals surface area contributed by atoms with Gasteiger partial charge in [0.05, 0.1) is 21.3 Å². The topological polar surface area (TPSA) is 60.7 Å². The lowest BCUT2D eigenvalue weighted by Crippen LogP contribution is -2.17. The predicted molar refractivity (Wildman–Crippen MR) is 91.7 cm³/mol. The molecule has 0 saturated heterocycles. The smallest absolute Gasteiger partial charge is 0.340 e. The first-order valence-electron chi connectivity index (χ1n) is 7.16. The number of hydrogen-bond acceptors (Lipinski definition) is 4. The van der Waals surface area contributed by atoms with Gasteiger partial charge in [0.1, 0.15) is 18.1 Å². The summed E-state index contributed by atoms with van der Waals surface area (Å²) in [6.45, 7) is 1.56. The Morgan fingerprint density at radius 2 is 2.04 bits per heavy atom. The van der Waals surface area contributed by atoms with Crippen LogP contribution in [0.1, 0.15) is 21.6 Å². The first-order valence-corrected chi connectivity index (χ1v) is 7.92. The molecule has 0 aliphatic heterocycles. The van der Waals surface area contributed by atoms with Gasteiger partial charge in [-0.3, -0.25) is 9.20 Å². The minimum absolute atomic E-state index is 0.0289. The summed E-state index contributed by atoms with van der Waals surface area (Å²) in [6.07, 6.45) is 1.60. The highest BCUT2D eigenvalue weighted by Gasteiger charge is 2.16. The van der Waals surface area contributed by atoms with E-state index in [0.29, 0.717) is 5.65 Å². The van der Waals surface area contributed by atoms with E-state index in [4.69, 9.17) is 27.9 Å². The van der Waals surface area contributed by atoms with Crippen molar-refractivity contribution in [2.24, 2.45) is 0 Å². The number of benzene rings is 1. The third-order valence-corrected chi connectivity index (χ3v) is 4.12. The predicted octanol–water partition coefficient (Wildman–Crippen LogP) is 3.81. The van der Waals surface area contributed by atoms with Crippen molar-refractivity contribution in [1.82, 2.24) is 9.38 Å². The van der Waals surface area contributed by atoms with Gasteiger partial charge in [0.2, 0.25) is 0 Å². The molecule has 0 spiro atoms. The van der Waals surface area contributed by atoms with Gasteiger partial charge in [0.15, 0.2) is 0 Å². The number of ether oxygens (including phenoxy) is 1. The highest BCUT2D eigenvalue weighted by Crippen LogP contribution is 2.25. The van der Waals surface area contributed by atoms with Crippen molar-refractivity contribution >= 4 is 34.8 Å². The molecule has 0 radical (unpaired) electrons. The van der Waals surface area contributed by atoms with Crippen LogP contribution in [0, 0.1) is 12.7 Å². The Morgan fingerprint density at radius 3 is 2.80 bits per heavy atom. The largest absolute Gasteiger partial charge is 0.456 e. The normalized spacial score (nSPS) is 10.9. The molecule has 0 fully saturated rings. The average molecular weight is 381 g/mol. The van der Waals surface area contributed by atoms with Crippen LogP contribution in [0.5, 0.6) is 0 Å². The van der Waals surface area contributed by atoms with E-state index in [1.165, 1.54) is 10.5 Å². The second-order valence-electron chi connectivity index (χ2n) is 5.29. The molecular formula is C17H11Cl2FN2O3. The molecule has 25 heavy (non-hydrogen) atoms. The van der Waals surface area contributed by atoms with Crippen molar-refractivity contribution in [3.63, 3.8) is 0 Å². The molecule has 2 heterocycles. The van der Waals surface area contributed by atoms with Crippen LogP contribution in [0.15, 0.2) is 41.3 Å². The average Bonchev–Trinajstić information content (AvgIpc) is 2.57. The van der Waals surface area contributed by atoms with Crippen LogP contribution < -0.4 is 5.56 Å². The number of carbonyl (C=O) groups is 1. The molecule has 0 aliphatic rings. The van der Waals surface area contributed by atoms with E-state index in [0.717, 1.165) is 17.7 Å². The second kappa shape index (κ2) is 6.82. The molecule has 5 nitrogen and oxygen atoms in total. The SMILES string of the molecule is Cc1cccn2c(=O)cc(COC(=O)c3cc(F)c(Cl)cc3Cl)nc12. The molecule has 0 saturated carbocycles. The molecule has 0 aliphatic carbocycles. The molecule has 2 aromatic heterocycles. The summed E-state index contributed by atoms with van der Waals surface area (Å²) in [5.41, 5.74) is 1.10. The van der Waals surface area contributed by atoms with Gasteiger partial charge < -0.3 is 4.74 Å². The number of esters is 1. The van der Waals surface area contributed by atoms with Gasteiger partial charge in [0, 0.05) is 12.3 Å². The Balaban J connectivity index is 1.86. The maximum Gasteiger partial charge on any atom is 0.340 e. The summed E-state index contributed by atoms with van der Waals surface area (Å²) in [6, 6.07) is 6.85. The van der Waals surface area contributed by atoms with E-state index >= 15 is 0 Å². The molecule has 3 aromatic rings. The van der Waals surface area contributed by atoms with Crippen LogP contribution in [0.2, 0.25) is 10.0 Å². The number of carbonyl (C=O) groups excluding carboxylic acids is 1. The monoisotopic (exact) mass is 380 g/mol. The number of aryl methyl sites for hydroxylation is 1. The number of nitrogens with zero attached hydrogens (tertiary/aromatic N) is 2. The van der Waals surface area contributed by atoms with Gasteiger partial charge in [-0.1, -0.05) is 29.3 Å². The lowest BCUT2D eigenvalue weighted by atomic mass is 10.2. The molecule has 3 rings (SSSR count). The van der Waals surface area contributed by atoms with Crippen LogP contribution in [0.3, 0.4) is 0 Å².